The first-order valence-electron chi connectivity index (χ1n) is 7.33. The van der Waals surface area contributed by atoms with Gasteiger partial charge in [-0.05, 0) is 77.3 Å². The van der Waals surface area contributed by atoms with E-state index in [1.807, 2.05) is 24.3 Å². The molecule has 0 aromatic heterocycles. The monoisotopic (exact) mass is 468 g/mol. The Morgan fingerprint density at radius 2 is 2.00 bits per heavy atom. The fourth-order valence-corrected chi connectivity index (χ4v) is 2.88. The molecule has 0 saturated carbocycles. The number of hydrogen-bond acceptors (Lipinski definition) is 4. The van der Waals surface area contributed by atoms with Crippen LogP contribution in [0.5, 0.6) is 11.5 Å². The number of carbonyl (C=O) groups excluding carboxylic acids is 1. The van der Waals surface area contributed by atoms with Gasteiger partial charge in [0.05, 0.1) is 10.7 Å². The minimum Gasteiger partial charge on any atom is -0.496 e. The van der Waals surface area contributed by atoms with Crippen molar-refractivity contribution in [2.45, 2.75) is 0 Å². The molecule has 2 N–H and O–H groups in total. The Morgan fingerprint density at radius 3 is 2.60 bits per heavy atom. The topological polar surface area (TPSA) is 59.6 Å². The van der Waals surface area contributed by atoms with Gasteiger partial charge in [-0.1, -0.05) is 12.7 Å². The van der Waals surface area contributed by atoms with Crippen LogP contribution >= 0.6 is 34.8 Å². The fraction of sp³-hybridized carbons (Fsp3) is 0.111. The van der Waals surface area contributed by atoms with Gasteiger partial charge in [-0.2, -0.15) is 0 Å². The summed E-state index contributed by atoms with van der Waals surface area (Å²) in [5, 5.41) is 5.83. The summed E-state index contributed by atoms with van der Waals surface area (Å²) in [5.74, 6) is 1.16. The van der Waals surface area contributed by atoms with E-state index in [1.165, 1.54) is 0 Å². The maximum Gasteiger partial charge on any atom is 0.257 e. The Morgan fingerprint density at radius 1 is 1.28 bits per heavy atom. The number of rotatable bonds is 6. The third kappa shape index (κ3) is 5.71. The third-order valence-electron chi connectivity index (χ3n) is 3.12. The Bertz CT molecular complexity index is 778. The molecule has 0 spiro atoms. The number of nitrogens with one attached hydrogen (secondary N) is 2. The van der Waals surface area contributed by atoms with Gasteiger partial charge in [-0.3, -0.25) is 10.1 Å². The van der Waals surface area contributed by atoms with E-state index in [9.17, 15) is 4.79 Å². The number of hydrogen-bond donors (Lipinski definition) is 2. The Labute approximate surface area is 165 Å². The van der Waals surface area contributed by atoms with Gasteiger partial charge in [0.1, 0.15) is 18.1 Å². The number of ether oxygens (including phenoxy) is 2. The first-order chi connectivity index (χ1) is 12.0. The molecule has 0 bridgehead atoms. The van der Waals surface area contributed by atoms with Gasteiger partial charge in [0.25, 0.3) is 5.91 Å². The van der Waals surface area contributed by atoms with E-state index in [0.717, 1.165) is 20.8 Å². The molecule has 25 heavy (non-hydrogen) atoms. The van der Waals surface area contributed by atoms with Crippen LogP contribution in [0.3, 0.4) is 0 Å². The van der Waals surface area contributed by atoms with Crippen molar-refractivity contribution in [1.29, 1.82) is 0 Å². The molecule has 1 amide bonds. The lowest BCUT2D eigenvalue weighted by atomic mass is 10.2. The largest absolute Gasteiger partial charge is 0.496 e. The SMILES string of the molecule is C=CCOc1ccc(NC(=S)NC(=O)c2ccc(OC)c(I)c2)cc1. The Balaban J connectivity index is 1.94. The normalized spacial score (nSPS) is 9.84. The molecule has 0 aliphatic carbocycles. The molecular weight excluding hydrogens is 451 g/mol. The molecule has 2 aromatic rings. The second-order valence-corrected chi connectivity index (χ2v) is 6.45. The number of halogens is 1. The molecule has 130 valence electrons. The number of carbonyl (C=O) groups is 1. The first kappa shape index (κ1) is 19.2. The predicted molar refractivity (Wildman–Crippen MR) is 112 cm³/mol. The lowest BCUT2D eigenvalue weighted by molar-refractivity contribution is 0.0977. The highest BCUT2D eigenvalue weighted by atomic mass is 127. The summed E-state index contributed by atoms with van der Waals surface area (Å²) in [7, 11) is 1.59. The van der Waals surface area contributed by atoms with Gasteiger partial charge < -0.3 is 14.8 Å². The van der Waals surface area contributed by atoms with Crippen molar-refractivity contribution < 1.29 is 14.3 Å². The zero-order chi connectivity index (χ0) is 18.2. The highest BCUT2D eigenvalue weighted by Crippen LogP contribution is 2.21. The number of anilines is 1. The van der Waals surface area contributed by atoms with Crippen molar-refractivity contribution in [2.24, 2.45) is 0 Å². The highest BCUT2D eigenvalue weighted by Gasteiger charge is 2.10. The van der Waals surface area contributed by atoms with Crippen molar-refractivity contribution in [3.05, 3.63) is 64.3 Å². The molecule has 2 aromatic carbocycles. The van der Waals surface area contributed by atoms with Gasteiger partial charge in [-0.25, -0.2) is 0 Å². The van der Waals surface area contributed by atoms with Crippen LogP contribution in [0, 0.1) is 3.57 Å². The molecule has 2 rings (SSSR count). The van der Waals surface area contributed by atoms with Crippen molar-refractivity contribution in [2.75, 3.05) is 19.0 Å². The molecule has 0 aliphatic heterocycles. The zero-order valence-corrected chi connectivity index (χ0v) is 16.5. The number of methoxy groups -OCH3 is 1. The van der Waals surface area contributed by atoms with E-state index in [-0.39, 0.29) is 11.0 Å². The summed E-state index contributed by atoms with van der Waals surface area (Å²) in [4.78, 5) is 12.3. The van der Waals surface area contributed by atoms with Crippen LogP contribution < -0.4 is 20.1 Å². The van der Waals surface area contributed by atoms with Crippen LogP contribution in [0.25, 0.3) is 0 Å². The molecule has 0 atom stereocenters. The second-order valence-electron chi connectivity index (χ2n) is 4.88. The van der Waals surface area contributed by atoms with Crippen molar-refractivity contribution >= 4 is 51.5 Å². The zero-order valence-electron chi connectivity index (χ0n) is 13.5. The van der Waals surface area contributed by atoms with E-state index in [2.05, 4.69) is 39.8 Å². The first-order valence-corrected chi connectivity index (χ1v) is 8.82. The van der Waals surface area contributed by atoms with E-state index in [4.69, 9.17) is 21.7 Å². The summed E-state index contributed by atoms with van der Waals surface area (Å²) < 4.78 is 11.4. The van der Waals surface area contributed by atoms with Crippen LogP contribution in [-0.2, 0) is 0 Å². The highest BCUT2D eigenvalue weighted by molar-refractivity contribution is 14.1. The van der Waals surface area contributed by atoms with E-state index < -0.39 is 0 Å². The molecule has 0 aliphatic rings. The third-order valence-corrected chi connectivity index (χ3v) is 4.17. The molecule has 0 radical (unpaired) electrons. The van der Waals surface area contributed by atoms with Crippen LogP contribution in [-0.4, -0.2) is 24.7 Å². The summed E-state index contributed by atoms with van der Waals surface area (Å²) in [6, 6.07) is 12.4. The van der Waals surface area contributed by atoms with E-state index >= 15 is 0 Å². The molecule has 0 heterocycles. The van der Waals surface area contributed by atoms with Gasteiger partial charge >= 0.3 is 0 Å². The van der Waals surface area contributed by atoms with E-state index in [0.29, 0.717) is 12.2 Å². The van der Waals surface area contributed by atoms with Crippen molar-refractivity contribution in [1.82, 2.24) is 5.32 Å². The van der Waals surface area contributed by atoms with Gasteiger partial charge in [0, 0.05) is 11.3 Å². The van der Waals surface area contributed by atoms with Crippen LogP contribution in [0.1, 0.15) is 10.4 Å². The van der Waals surface area contributed by atoms with E-state index in [1.54, 1.807) is 31.4 Å². The molecular formula is C18H17IN2O3S. The van der Waals surface area contributed by atoms with Crippen LogP contribution in [0.15, 0.2) is 55.1 Å². The Hall–Kier alpha value is -2.13. The number of benzene rings is 2. The maximum absolute atomic E-state index is 12.3. The summed E-state index contributed by atoms with van der Waals surface area (Å²) in [6.07, 6.45) is 1.68. The molecule has 7 heteroatoms. The van der Waals surface area contributed by atoms with Gasteiger partial charge in [0.15, 0.2) is 5.11 Å². The predicted octanol–water partition coefficient (Wildman–Crippen LogP) is 3.99. The molecule has 5 nitrogen and oxygen atoms in total. The van der Waals surface area contributed by atoms with Crippen molar-refractivity contribution in [3.63, 3.8) is 0 Å². The standard InChI is InChI=1S/C18H17IN2O3S/c1-3-10-24-14-7-5-13(6-8-14)20-18(25)21-17(22)12-4-9-16(23-2)15(19)11-12/h3-9,11H,1,10H2,2H3,(H2,20,21,22,25). The van der Waals surface area contributed by atoms with Gasteiger partial charge in [-0.15, -0.1) is 0 Å². The fourth-order valence-electron chi connectivity index (χ4n) is 1.93. The molecule has 0 saturated heterocycles. The Kier molecular flexibility index (Phi) is 7.20. The minimum atomic E-state index is -0.288. The summed E-state index contributed by atoms with van der Waals surface area (Å²) in [5.41, 5.74) is 1.25. The second kappa shape index (κ2) is 9.38. The lowest BCUT2D eigenvalue weighted by Gasteiger charge is -2.11. The number of amides is 1. The average Bonchev–Trinajstić information content (AvgIpc) is 2.61. The maximum atomic E-state index is 12.3. The quantitative estimate of drug-likeness (QED) is 0.382. The number of thiocarbonyl (C=S) groups is 1. The molecule has 0 unspecified atom stereocenters. The minimum absolute atomic E-state index is 0.218. The van der Waals surface area contributed by atoms with Crippen LogP contribution in [0.4, 0.5) is 5.69 Å². The van der Waals surface area contributed by atoms with Gasteiger partial charge in [0.2, 0.25) is 0 Å². The lowest BCUT2D eigenvalue weighted by Crippen LogP contribution is -2.34. The van der Waals surface area contributed by atoms with Crippen LogP contribution in [0.2, 0.25) is 0 Å². The smallest absolute Gasteiger partial charge is 0.257 e. The summed E-state index contributed by atoms with van der Waals surface area (Å²) in [6.45, 7) is 4.04. The molecule has 0 fully saturated rings. The summed E-state index contributed by atoms with van der Waals surface area (Å²) >= 11 is 7.30. The average molecular weight is 468 g/mol. The van der Waals surface area contributed by atoms with Crippen molar-refractivity contribution in [3.8, 4) is 11.5 Å².